The summed E-state index contributed by atoms with van der Waals surface area (Å²) in [5.41, 5.74) is 0.386. The number of nitrogens with zero attached hydrogens (tertiary/aromatic N) is 1. The van der Waals surface area contributed by atoms with E-state index in [2.05, 4.69) is 20.9 Å². The van der Waals surface area contributed by atoms with E-state index in [4.69, 9.17) is 0 Å². The molecule has 7 heteroatoms. The van der Waals surface area contributed by atoms with Crippen molar-refractivity contribution in [2.24, 2.45) is 0 Å². The van der Waals surface area contributed by atoms with E-state index in [1.165, 1.54) is 12.1 Å². The van der Waals surface area contributed by atoms with Crippen molar-refractivity contribution in [2.45, 2.75) is 0 Å². The van der Waals surface area contributed by atoms with Crippen LogP contribution in [0.2, 0.25) is 0 Å². The van der Waals surface area contributed by atoms with Gasteiger partial charge in [-0.1, -0.05) is 6.07 Å². The second-order valence-corrected chi connectivity index (χ2v) is 4.85. The van der Waals surface area contributed by atoms with Crippen LogP contribution in [-0.2, 0) is 9.59 Å². The molecule has 0 bridgehead atoms. The molecule has 0 radical (unpaired) electrons. The summed E-state index contributed by atoms with van der Waals surface area (Å²) in [4.78, 5) is 25.6. The van der Waals surface area contributed by atoms with Gasteiger partial charge in [0.1, 0.15) is 5.75 Å². The van der Waals surface area contributed by atoms with Gasteiger partial charge in [-0.15, -0.1) is 0 Å². The van der Waals surface area contributed by atoms with Crippen LogP contribution in [0, 0.1) is 0 Å². The van der Waals surface area contributed by atoms with Crippen LogP contribution in [0.1, 0.15) is 0 Å². The third-order valence-corrected chi connectivity index (χ3v) is 3.23. The van der Waals surface area contributed by atoms with E-state index in [1.807, 2.05) is 0 Å². The van der Waals surface area contributed by atoms with E-state index < -0.39 is 11.8 Å². The standard InChI is InChI=1S/C14H20N4O3/c19-12-3-1-2-11(10-12)17-14(21)13(20)16-6-9-18-7-4-15-5-8-18/h1-3,10,15,19H,4-9H2,(H,16,20)(H,17,21). The third kappa shape index (κ3) is 5.05. The van der Waals surface area contributed by atoms with Gasteiger partial charge in [0.15, 0.2) is 0 Å². The van der Waals surface area contributed by atoms with E-state index in [0.29, 0.717) is 12.2 Å². The molecule has 1 fully saturated rings. The molecule has 1 aromatic rings. The minimum atomic E-state index is -0.735. The van der Waals surface area contributed by atoms with Crippen molar-refractivity contribution in [3.8, 4) is 5.75 Å². The Bertz CT molecular complexity index is 501. The molecule has 1 aliphatic heterocycles. The van der Waals surface area contributed by atoms with Gasteiger partial charge in [0.25, 0.3) is 0 Å². The molecule has 0 atom stereocenters. The van der Waals surface area contributed by atoms with E-state index in [-0.39, 0.29) is 5.75 Å². The number of carbonyl (C=O) groups is 2. The van der Waals surface area contributed by atoms with Crippen molar-refractivity contribution in [3.63, 3.8) is 0 Å². The Hall–Kier alpha value is -2.12. The molecule has 1 aliphatic rings. The largest absolute Gasteiger partial charge is 0.508 e. The van der Waals surface area contributed by atoms with Gasteiger partial charge in [-0.25, -0.2) is 0 Å². The van der Waals surface area contributed by atoms with E-state index >= 15 is 0 Å². The molecule has 0 spiro atoms. The first-order valence-corrected chi connectivity index (χ1v) is 6.96. The lowest BCUT2D eigenvalue weighted by Gasteiger charge is -2.26. The number of phenols is 1. The number of aromatic hydroxyl groups is 1. The average molecular weight is 292 g/mol. The van der Waals surface area contributed by atoms with Gasteiger partial charge in [-0.05, 0) is 12.1 Å². The molecule has 7 nitrogen and oxygen atoms in total. The van der Waals surface area contributed by atoms with Gasteiger partial charge in [0.2, 0.25) is 0 Å². The molecule has 2 amide bonds. The smallest absolute Gasteiger partial charge is 0.313 e. The first-order chi connectivity index (χ1) is 10.1. The quantitative estimate of drug-likeness (QED) is 0.554. The fourth-order valence-electron chi connectivity index (χ4n) is 2.11. The van der Waals surface area contributed by atoms with Gasteiger partial charge >= 0.3 is 11.8 Å². The molecule has 1 aromatic carbocycles. The van der Waals surface area contributed by atoms with Crippen LogP contribution in [0.5, 0.6) is 5.75 Å². The monoisotopic (exact) mass is 292 g/mol. The molecule has 0 saturated carbocycles. The number of rotatable bonds is 4. The SMILES string of the molecule is O=C(NCCN1CCNCC1)C(=O)Nc1cccc(O)c1. The molecule has 1 heterocycles. The van der Waals surface area contributed by atoms with Crippen molar-refractivity contribution in [1.82, 2.24) is 15.5 Å². The zero-order valence-corrected chi connectivity index (χ0v) is 11.8. The van der Waals surface area contributed by atoms with Crippen LogP contribution in [-0.4, -0.2) is 61.1 Å². The number of benzene rings is 1. The Balaban J connectivity index is 1.71. The Morgan fingerprint density at radius 1 is 1.24 bits per heavy atom. The average Bonchev–Trinajstić information content (AvgIpc) is 2.48. The predicted octanol–water partition coefficient (Wildman–Crippen LogP) is -0.648. The van der Waals surface area contributed by atoms with Crippen molar-refractivity contribution in [1.29, 1.82) is 0 Å². The van der Waals surface area contributed by atoms with Gasteiger partial charge < -0.3 is 21.1 Å². The van der Waals surface area contributed by atoms with Crippen LogP contribution in [0.3, 0.4) is 0 Å². The highest BCUT2D eigenvalue weighted by Gasteiger charge is 2.14. The number of hydrogen-bond acceptors (Lipinski definition) is 5. The van der Waals surface area contributed by atoms with Gasteiger partial charge in [0, 0.05) is 51.0 Å². The van der Waals surface area contributed by atoms with Gasteiger partial charge in [0.05, 0.1) is 0 Å². The summed E-state index contributed by atoms with van der Waals surface area (Å²) < 4.78 is 0. The van der Waals surface area contributed by atoms with Crippen LogP contribution in [0.15, 0.2) is 24.3 Å². The summed E-state index contributed by atoms with van der Waals surface area (Å²) in [5, 5.41) is 17.6. The lowest BCUT2D eigenvalue weighted by atomic mass is 10.3. The van der Waals surface area contributed by atoms with Crippen molar-refractivity contribution in [2.75, 3.05) is 44.6 Å². The molecule has 0 aromatic heterocycles. The van der Waals surface area contributed by atoms with Crippen LogP contribution < -0.4 is 16.0 Å². The first kappa shape index (κ1) is 15.3. The molecule has 0 aliphatic carbocycles. The maximum Gasteiger partial charge on any atom is 0.313 e. The fourth-order valence-corrected chi connectivity index (χ4v) is 2.11. The second-order valence-electron chi connectivity index (χ2n) is 4.85. The van der Waals surface area contributed by atoms with E-state index in [1.54, 1.807) is 12.1 Å². The van der Waals surface area contributed by atoms with Gasteiger partial charge in [-0.3, -0.25) is 14.5 Å². The van der Waals surface area contributed by atoms with Crippen molar-refractivity contribution >= 4 is 17.5 Å². The summed E-state index contributed by atoms with van der Waals surface area (Å²) in [6.45, 7) is 4.97. The highest BCUT2D eigenvalue weighted by atomic mass is 16.3. The number of carbonyl (C=O) groups excluding carboxylic acids is 2. The minimum Gasteiger partial charge on any atom is -0.508 e. The Morgan fingerprint density at radius 3 is 2.71 bits per heavy atom. The van der Waals surface area contributed by atoms with Crippen molar-refractivity contribution < 1.29 is 14.7 Å². The lowest BCUT2D eigenvalue weighted by Crippen LogP contribution is -2.47. The Labute approximate surface area is 123 Å². The Kier molecular flexibility index (Phi) is 5.53. The molecule has 2 rings (SSSR count). The van der Waals surface area contributed by atoms with Gasteiger partial charge in [-0.2, -0.15) is 0 Å². The van der Waals surface area contributed by atoms with E-state index in [9.17, 15) is 14.7 Å². The number of nitrogens with one attached hydrogen (secondary N) is 3. The maximum absolute atomic E-state index is 11.7. The number of hydrogen-bond donors (Lipinski definition) is 4. The maximum atomic E-state index is 11.7. The Morgan fingerprint density at radius 2 is 2.00 bits per heavy atom. The highest BCUT2D eigenvalue weighted by Crippen LogP contribution is 2.14. The molecular formula is C14H20N4O3. The van der Waals surface area contributed by atoms with Crippen LogP contribution in [0.4, 0.5) is 5.69 Å². The molecule has 21 heavy (non-hydrogen) atoms. The van der Waals surface area contributed by atoms with Crippen LogP contribution >= 0.6 is 0 Å². The number of amides is 2. The van der Waals surface area contributed by atoms with E-state index in [0.717, 1.165) is 32.7 Å². The van der Waals surface area contributed by atoms with Crippen LogP contribution in [0.25, 0.3) is 0 Å². The van der Waals surface area contributed by atoms with Crippen molar-refractivity contribution in [3.05, 3.63) is 24.3 Å². The molecule has 1 saturated heterocycles. The zero-order chi connectivity index (χ0) is 15.1. The topological polar surface area (TPSA) is 93.7 Å². The number of phenolic OH excluding ortho intramolecular Hbond substituents is 1. The minimum absolute atomic E-state index is 0.0342. The first-order valence-electron chi connectivity index (χ1n) is 6.96. The molecule has 0 unspecified atom stereocenters. The summed E-state index contributed by atoms with van der Waals surface area (Å²) >= 11 is 0. The number of anilines is 1. The molecular weight excluding hydrogens is 272 g/mol. The zero-order valence-electron chi connectivity index (χ0n) is 11.8. The molecule has 114 valence electrons. The summed E-state index contributed by atoms with van der Waals surface area (Å²) in [6.07, 6.45) is 0. The normalized spacial score (nSPS) is 15.4. The second kappa shape index (κ2) is 7.61. The summed E-state index contributed by atoms with van der Waals surface area (Å²) in [7, 11) is 0. The molecule has 4 N–H and O–H groups in total. The predicted molar refractivity (Wildman–Crippen MR) is 79.1 cm³/mol. The fraction of sp³-hybridized carbons (Fsp3) is 0.429. The number of piperazine rings is 1. The summed E-state index contributed by atoms with van der Waals surface area (Å²) in [5.74, 6) is -1.37. The lowest BCUT2D eigenvalue weighted by molar-refractivity contribution is -0.136. The highest BCUT2D eigenvalue weighted by molar-refractivity contribution is 6.39. The summed E-state index contributed by atoms with van der Waals surface area (Å²) in [6, 6.07) is 6.06. The third-order valence-electron chi connectivity index (χ3n) is 3.23.